The molecule has 0 aliphatic heterocycles. The summed E-state index contributed by atoms with van der Waals surface area (Å²) in [4.78, 5) is 38.6. The van der Waals surface area contributed by atoms with Crippen molar-refractivity contribution in [1.29, 1.82) is 0 Å². The first-order valence-corrected chi connectivity index (χ1v) is 9.80. The predicted octanol–water partition coefficient (Wildman–Crippen LogP) is 5.21. The Balaban J connectivity index is 1.58. The summed E-state index contributed by atoms with van der Waals surface area (Å²) in [5.41, 5.74) is 1.82. The Morgan fingerprint density at radius 1 is 0.733 bits per heavy atom. The van der Waals surface area contributed by atoms with Crippen molar-refractivity contribution in [3.05, 3.63) is 95.5 Å². The second-order valence-electron chi connectivity index (χ2n) is 6.49. The highest BCUT2D eigenvalue weighted by Gasteiger charge is 2.19. The molecule has 0 aliphatic carbocycles. The molecule has 6 heteroatoms. The summed E-state index contributed by atoms with van der Waals surface area (Å²) in [6.45, 7) is -0.379. The lowest BCUT2D eigenvalue weighted by Gasteiger charge is -2.23. The molecule has 0 spiro atoms. The molecule has 0 aliphatic rings. The molecule has 0 saturated carbocycles. The van der Waals surface area contributed by atoms with Gasteiger partial charge in [0.2, 0.25) is 5.91 Å². The number of ketones is 1. The molecular formula is C24H20ClNO4. The number of carbonyl (C=O) groups is 3. The van der Waals surface area contributed by atoms with Gasteiger partial charge in [0.1, 0.15) is 0 Å². The van der Waals surface area contributed by atoms with Gasteiger partial charge in [-0.2, -0.15) is 0 Å². The zero-order valence-electron chi connectivity index (χ0n) is 16.2. The summed E-state index contributed by atoms with van der Waals surface area (Å²) >= 11 is 5.80. The van der Waals surface area contributed by atoms with Crippen LogP contribution < -0.4 is 4.90 Å². The zero-order chi connectivity index (χ0) is 21.3. The lowest BCUT2D eigenvalue weighted by atomic mass is 10.1. The van der Waals surface area contributed by atoms with E-state index < -0.39 is 5.97 Å². The molecular weight excluding hydrogens is 402 g/mol. The topological polar surface area (TPSA) is 63.7 Å². The number of hydrogen-bond acceptors (Lipinski definition) is 4. The van der Waals surface area contributed by atoms with E-state index in [1.54, 1.807) is 29.2 Å². The summed E-state index contributed by atoms with van der Waals surface area (Å²) in [6, 6.07) is 24.7. The van der Waals surface area contributed by atoms with Crippen LogP contribution in [0.5, 0.6) is 0 Å². The monoisotopic (exact) mass is 421 g/mol. The average Bonchev–Trinajstić information content (AvgIpc) is 2.78. The first-order valence-electron chi connectivity index (χ1n) is 9.42. The number of nitrogens with zero attached hydrogens (tertiary/aromatic N) is 1. The van der Waals surface area contributed by atoms with Crippen LogP contribution in [0.3, 0.4) is 0 Å². The van der Waals surface area contributed by atoms with Crippen LogP contribution in [0.4, 0.5) is 11.4 Å². The maximum absolute atomic E-state index is 12.9. The Morgan fingerprint density at radius 3 is 1.80 bits per heavy atom. The fourth-order valence-electron chi connectivity index (χ4n) is 2.85. The van der Waals surface area contributed by atoms with Gasteiger partial charge < -0.3 is 4.74 Å². The number of Topliss-reactive ketones (excluding diaryl/α,β-unsaturated/α-hetero) is 1. The maximum atomic E-state index is 12.9. The third-order valence-electron chi connectivity index (χ3n) is 4.35. The van der Waals surface area contributed by atoms with Gasteiger partial charge >= 0.3 is 5.97 Å². The highest BCUT2D eigenvalue weighted by molar-refractivity contribution is 6.30. The van der Waals surface area contributed by atoms with E-state index in [9.17, 15) is 14.4 Å². The number of benzene rings is 3. The highest BCUT2D eigenvalue weighted by Crippen LogP contribution is 2.26. The Hall–Kier alpha value is -3.44. The van der Waals surface area contributed by atoms with E-state index in [-0.39, 0.29) is 31.1 Å². The van der Waals surface area contributed by atoms with E-state index in [2.05, 4.69) is 0 Å². The second-order valence-corrected chi connectivity index (χ2v) is 6.93. The number of rotatable bonds is 8. The molecule has 0 heterocycles. The van der Waals surface area contributed by atoms with E-state index in [1.165, 1.54) is 0 Å². The average molecular weight is 422 g/mol. The minimum atomic E-state index is -0.605. The van der Waals surface area contributed by atoms with Crippen LogP contribution in [0.1, 0.15) is 23.2 Å². The number of halogens is 1. The summed E-state index contributed by atoms with van der Waals surface area (Å²) in [7, 11) is 0. The van der Waals surface area contributed by atoms with Gasteiger partial charge in [-0.1, -0.05) is 48.0 Å². The molecule has 0 saturated heterocycles. The summed E-state index contributed by atoms with van der Waals surface area (Å²) in [6.07, 6.45) is -0.166. The van der Waals surface area contributed by atoms with Crippen molar-refractivity contribution in [2.75, 3.05) is 11.5 Å². The number of para-hydroxylation sites is 2. The molecule has 3 rings (SSSR count). The summed E-state index contributed by atoms with van der Waals surface area (Å²) in [5, 5.41) is 0.517. The van der Waals surface area contributed by atoms with Gasteiger partial charge in [0, 0.05) is 28.4 Å². The smallest absolute Gasteiger partial charge is 0.306 e. The van der Waals surface area contributed by atoms with Crippen LogP contribution in [0.2, 0.25) is 5.02 Å². The number of hydrogen-bond donors (Lipinski definition) is 0. The van der Waals surface area contributed by atoms with Crippen molar-refractivity contribution in [3.8, 4) is 0 Å². The molecule has 152 valence electrons. The molecule has 30 heavy (non-hydrogen) atoms. The van der Waals surface area contributed by atoms with Crippen molar-refractivity contribution >= 4 is 40.6 Å². The molecule has 5 nitrogen and oxygen atoms in total. The summed E-state index contributed by atoms with van der Waals surface area (Å²) < 4.78 is 5.04. The molecule has 0 radical (unpaired) electrons. The molecule has 3 aromatic rings. The van der Waals surface area contributed by atoms with E-state index in [0.29, 0.717) is 22.0 Å². The van der Waals surface area contributed by atoms with Crippen molar-refractivity contribution in [2.24, 2.45) is 0 Å². The lowest BCUT2D eigenvalue weighted by Crippen LogP contribution is -2.26. The Kier molecular flexibility index (Phi) is 7.35. The van der Waals surface area contributed by atoms with Crippen LogP contribution in [0.15, 0.2) is 84.9 Å². The SMILES string of the molecule is O=C(CCC(=O)N(c1ccccc1)c1ccccc1)OCC(=O)c1ccc(Cl)cc1. The van der Waals surface area contributed by atoms with E-state index in [1.807, 2.05) is 60.7 Å². The Bertz CT molecular complexity index is 965. The third kappa shape index (κ3) is 5.78. The normalized spacial score (nSPS) is 10.3. The largest absolute Gasteiger partial charge is 0.457 e. The minimum absolute atomic E-state index is 0.0439. The minimum Gasteiger partial charge on any atom is -0.457 e. The van der Waals surface area contributed by atoms with E-state index >= 15 is 0 Å². The fraction of sp³-hybridized carbons (Fsp3) is 0.125. The van der Waals surface area contributed by atoms with Crippen molar-refractivity contribution in [2.45, 2.75) is 12.8 Å². The standard InChI is InChI=1S/C24H20ClNO4/c25-19-13-11-18(12-14-19)22(27)17-30-24(29)16-15-23(28)26(20-7-3-1-4-8-20)21-9-5-2-6-10-21/h1-14H,15-17H2. The number of amides is 1. The van der Waals surface area contributed by atoms with Gasteiger partial charge in [-0.05, 0) is 48.5 Å². The van der Waals surface area contributed by atoms with E-state index in [0.717, 1.165) is 0 Å². The third-order valence-corrected chi connectivity index (χ3v) is 4.60. The number of esters is 1. The van der Waals surface area contributed by atoms with Gasteiger partial charge in [-0.25, -0.2) is 0 Å². The molecule has 3 aromatic carbocycles. The first-order chi connectivity index (χ1) is 14.5. The zero-order valence-corrected chi connectivity index (χ0v) is 16.9. The van der Waals surface area contributed by atoms with Gasteiger partial charge in [-0.15, -0.1) is 0 Å². The molecule has 0 atom stereocenters. The van der Waals surface area contributed by atoms with Gasteiger partial charge in [0.25, 0.3) is 0 Å². The molecule has 0 fully saturated rings. The molecule has 0 bridgehead atoms. The molecule has 1 amide bonds. The van der Waals surface area contributed by atoms with Crippen LogP contribution in [0.25, 0.3) is 0 Å². The van der Waals surface area contributed by atoms with Crippen molar-refractivity contribution in [1.82, 2.24) is 0 Å². The van der Waals surface area contributed by atoms with Gasteiger partial charge in [-0.3, -0.25) is 19.3 Å². The van der Waals surface area contributed by atoms with E-state index in [4.69, 9.17) is 16.3 Å². The quantitative estimate of drug-likeness (QED) is 0.370. The van der Waals surface area contributed by atoms with Crippen LogP contribution in [0, 0.1) is 0 Å². The van der Waals surface area contributed by atoms with Crippen LogP contribution in [-0.2, 0) is 14.3 Å². The number of carbonyl (C=O) groups excluding carboxylic acids is 3. The fourth-order valence-corrected chi connectivity index (χ4v) is 2.98. The van der Waals surface area contributed by atoms with Crippen molar-refractivity contribution < 1.29 is 19.1 Å². The van der Waals surface area contributed by atoms with Gasteiger partial charge in [0.15, 0.2) is 12.4 Å². The lowest BCUT2D eigenvalue weighted by molar-refractivity contribution is -0.143. The summed E-state index contributed by atoms with van der Waals surface area (Å²) in [5.74, 6) is -1.18. The Labute approximate surface area is 179 Å². The number of ether oxygens (including phenoxy) is 1. The maximum Gasteiger partial charge on any atom is 0.306 e. The second kappa shape index (κ2) is 10.4. The predicted molar refractivity (Wildman–Crippen MR) is 116 cm³/mol. The molecule has 0 unspecified atom stereocenters. The van der Waals surface area contributed by atoms with Crippen molar-refractivity contribution in [3.63, 3.8) is 0 Å². The molecule has 0 N–H and O–H groups in total. The van der Waals surface area contributed by atoms with Gasteiger partial charge in [0.05, 0.1) is 6.42 Å². The number of anilines is 2. The molecule has 0 aromatic heterocycles. The highest BCUT2D eigenvalue weighted by atomic mass is 35.5. The van der Waals surface area contributed by atoms with Crippen LogP contribution in [-0.4, -0.2) is 24.3 Å². The van der Waals surface area contributed by atoms with Crippen LogP contribution >= 0.6 is 11.6 Å². The first kappa shape index (κ1) is 21.3. The Morgan fingerprint density at radius 2 is 1.27 bits per heavy atom.